The summed E-state index contributed by atoms with van der Waals surface area (Å²) in [5, 5.41) is 0.538. The highest BCUT2D eigenvalue weighted by Gasteiger charge is 2.31. The monoisotopic (exact) mass is 374 g/mol. The van der Waals surface area contributed by atoms with Crippen LogP contribution < -0.4 is 11.5 Å². The number of rotatable bonds is 6. The van der Waals surface area contributed by atoms with Crippen LogP contribution in [0.1, 0.15) is 40.6 Å². The first-order chi connectivity index (χ1) is 10.9. The lowest BCUT2D eigenvalue weighted by molar-refractivity contribution is -0.118. The number of amides is 1. The molecular weight excluding hydrogens is 356 g/mol. The molecule has 0 saturated carbocycles. The van der Waals surface area contributed by atoms with Gasteiger partial charge in [0.05, 0.1) is 15.8 Å². The minimum atomic E-state index is -0.492. The van der Waals surface area contributed by atoms with Crippen LogP contribution in [0.2, 0.25) is 0 Å². The molecule has 4 N–H and O–H groups in total. The van der Waals surface area contributed by atoms with E-state index in [-0.39, 0.29) is 12.4 Å². The van der Waals surface area contributed by atoms with Crippen LogP contribution in [0.4, 0.5) is 0 Å². The van der Waals surface area contributed by atoms with Crippen molar-refractivity contribution in [2.24, 2.45) is 11.5 Å². The van der Waals surface area contributed by atoms with E-state index in [0.29, 0.717) is 29.4 Å². The summed E-state index contributed by atoms with van der Waals surface area (Å²) in [6.07, 6.45) is 3.25. The largest absolute Gasteiger partial charge is 0.462 e. The molecule has 1 aliphatic carbocycles. The zero-order valence-corrected chi connectivity index (χ0v) is 15.4. The van der Waals surface area contributed by atoms with Crippen molar-refractivity contribution in [2.75, 3.05) is 12.9 Å². The molecule has 1 heterocycles. The van der Waals surface area contributed by atoms with Gasteiger partial charge in [0.1, 0.15) is 4.88 Å². The Morgan fingerprint density at radius 2 is 2.13 bits per heavy atom. The molecule has 1 atom stereocenters. The molecule has 2 rings (SSSR count). The van der Waals surface area contributed by atoms with E-state index in [4.69, 9.17) is 27.8 Å². The molecule has 1 aromatic rings. The molecule has 0 bridgehead atoms. The van der Waals surface area contributed by atoms with Gasteiger partial charge in [-0.2, -0.15) is 0 Å². The first kappa shape index (κ1) is 18.3. The number of hydrogen-bond donors (Lipinski definition) is 2. The molecule has 0 saturated heterocycles. The second-order valence-electron chi connectivity index (χ2n) is 5.11. The number of nitrogens with two attached hydrogens (primary N) is 2. The van der Waals surface area contributed by atoms with Crippen LogP contribution in [-0.4, -0.2) is 30.8 Å². The predicted molar refractivity (Wildman–Crippen MR) is 94.9 cm³/mol. The number of carbonyl (C=O) groups excluding carboxylic acids is 2. The summed E-state index contributed by atoms with van der Waals surface area (Å²) < 4.78 is 6.09. The van der Waals surface area contributed by atoms with E-state index in [1.807, 2.05) is 6.26 Å². The number of carbonyl (C=O) groups is 2. The van der Waals surface area contributed by atoms with Gasteiger partial charge in [0.25, 0.3) is 0 Å². The Labute approximate surface area is 148 Å². The van der Waals surface area contributed by atoms with Gasteiger partial charge in [-0.15, -0.1) is 23.1 Å². The van der Waals surface area contributed by atoms with Crippen LogP contribution in [0, 0.1) is 0 Å². The summed E-state index contributed by atoms with van der Waals surface area (Å²) >= 11 is 9.48. The third-order valence-electron chi connectivity index (χ3n) is 3.64. The lowest BCUT2D eigenvalue weighted by Gasteiger charge is -2.22. The van der Waals surface area contributed by atoms with Crippen LogP contribution in [0.3, 0.4) is 0 Å². The number of ether oxygens (including phenoxy) is 1. The van der Waals surface area contributed by atoms with Crippen molar-refractivity contribution in [3.05, 3.63) is 21.6 Å². The number of thiophene rings is 1. The number of fused-ring (bicyclic) bond motifs is 1. The van der Waals surface area contributed by atoms with Crippen molar-refractivity contribution in [2.45, 2.75) is 36.4 Å². The second-order valence-corrected chi connectivity index (χ2v) is 7.59. The quantitative estimate of drug-likeness (QED) is 0.589. The average Bonchev–Trinajstić information content (AvgIpc) is 2.86. The topological polar surface area (TPSA) is 95.4 Å². The summed E-state index contributed by atoms with van der Waals surface area (Å²) in [4.78, 5) is 23.9. The van der Waals surface area contributed by atoms with E-state index < -0.39 is 11.9 Å². The fraction of sp³-hybridized carbons (Fsp3) is 0.467. The Balaban J connectivity index is 2.48. The lowest BCUT2D eigenvalue weighted by atomic mass is 9.88. The number of halogens is 1. The number of primary amides is 1. The number of thioether (sulfide) groups is 1. The molecular formula is C15H19ClN2O3S2. The van der Waals surface area contributed by atoms with Gasteiger partial charge in [-0.25, -0.2) is 4.79 Å². The summed E-state index contributed by atoms with van der Waals surface area (Å²) in [6, 6.07) is -0.492. The average molecular weight is 375 g/mol. The maximum Gasteiger partial charge on any atom is 0.348 e. The van der Waals surface area contributed by atoms with Crippen LogP contribution in [0.15, 0.2) is 9.78 Å². The molecule has 0 radical (unpaired) electrons. The van der Waals surface area contributed by atoms with Crippen molar-refractivity contribution in [1.29, 1.82) is 0 Å². The van der Waals surface area contributed by atoms with Crippen LogP contribution >= 0.6 is 34.7 Å². The van der Waals surface area contributed by atoms with Gasteiger partial charge in [0.15, 0.2) is 0 Å². The third-order valence-corrected chi connectivity index (χ3v) is 6.40. The van der Waals surface area contributed by atoms with Crippen molar-refractivity contribution in [1.82, 2.24) is 0 Å². The Kier molecular flexibility index (Phi) is 6.13. The molecule has 126 valence electrons. The Bertz CT molecular complexity index is 670. The van der Waals surface area contributed by atoms with E-state index in [1.54, 1.807) is 6.92 Å². The zero-order chi connectivity index (χ0) is 17.1. The van der Waals surface area contributed by atoms with Crippen LogP contribution in [0.5, 0.6) is 0 Å². The molecule has 0 fully saturated rings. The Hall–Kier alpha value is -1.02. The normalized spacial score (nSPS) is 15.3. The fourth-order valence-electron chi connectivity index (χ4n) is 2.63. The van der Waals surface area contributed by atoms with Gasteiger partial charge >= 0.3 is 5.97 Å². The predicted octanol–water partition coefficient (Wildman–Crippen LogP) is 2.75. The van der Waals surface area contributed by atoms with Crippen LogP contribution in [-0.2, 0) is 16.0 Å². The van der Waals surface area contributed by atoms with Crippen molar-refractivity contribution < 1.29 is 14.3 Å². The SMILES string of the molecule is CCOC(=O)c1sc(SC)c2c1CCC(C(N)CC(N)=O)=C2Cl. The van der Waals surface area contributed by atoms with Crippen LogP contribution in [0.25, 0.3) is 5.03 Å². The molecule has 8 heteroatoms. The summed E-state index contributed by atoms with van der Waals surface area (Å²) in [6.45, 7) is 2.11. The van der Waals surface area contributed by atoms with Crippen molar-refractivity contribution >= 4 is 51.6 Å². The molecule has 1 aromatic heterocycles. The Morgan fingerprint density at radius 3 is 2.70 bits per heavy atom. The first-order valence-electron chi connectivity index (χ1n) is 7.20. The van der Waals surface area contributed by atoms with Gasteiger partial charge in [-0.1, -0.05) is 11.6 Å². The molecule has 1 unspecified atom stereocenters. The van der Waals surface area contributed by atoms with Gasteiger partial charge < -0.3 is 16.2 Å². The maximum absolute atomic E-state index is 12.1. The molecule has 0 spiro atoms. The fourth-order valence-corrected chi connectivity index (χ4v) is 5.18. The van der Waals surface area contributed by atoms with Gasteiger partial charge in [-0.3, -0.25) is 4.79 Å². The molecule has 0 aromatic carbocycles. The highest BCUT2D eigenvalue weighted by molar-refractivity contribution is 8.00. The first-order valence-corrected chi connectivity index (χ1v) is 9.62. The smallest absolute Gasteiger partial charge is 0.348 e. The molecule has 1 aliphatic rings. The van der Waals surface area contributed by atoms with E-state index >= 15 is 0 Å². The highest BCUT2D eigenvalue weighted by atomic mass is 35.5. The number of hydrogen-bond acceptors (Lipinski definition) is 6. The van der Waals surface area contributed by atoms with E-state index in [0.717, 1.165) is 20.9 Å². The standard InChI is InChI=1S/C15H19ClN2O3S2/c1-3-21-14(20)13-8-5-4-7(9(17)6-10(18)19)12(16)11(8)15(22-2)23-13/h9H,3-6,17H2,1-2H3,(H2,18,19). The van der Waals surface area contributed by atoms with Gasteiger partial charge in [0.2, 0.25) is 5.91 Å². The van der Waals surface area contributed by atoms with E-state index in [1.165, 1.54) is 23.1 Å². The molecule has 5 nitrogen and oxygen atoms in total. The molecule has 23 heavy (non-hydrogen) atoms. The van der Waals surface area contributed by atoms with Crippen molar-refractivity contribution in [3.8, 4) is 0 Å². The lowest BCUT2D eigenvalue weighted by Crippen LogP contribution is -2.31. The summed E-state index contributed by atoms with van der Waals surface area (Å²) in [7, 11) is 0. The van der Waals surface area contributed by atoms with Crippen molar-refractivity contribution in [3.63, 3.8) is 0 Å². The maximum atomic E-state index is 12.1. The number of esters is 1. The summed E-state index contributed by atoms with van der Waals surface area (Å²) in [5.74, 6) is -0.772. The van der Waals surface area contributed by atoms with Gasteiger partial charge in [-0.05, 0) is 37.2 Å². The van der Waals surface area contributed by atoms with E-state index in [2.05, 4.69) is 0 Å². The Morgan fingerprint density at radius 1 is 1.43 bits per heavy atom. The second kappa shape index (κ2) is 7.70. The van der Waals surface area contributed by atoms with E-state index in [9.17, 15) is 9.59 Å². The zero-order valence-electron chi connectivity index (χ0n) is 13.0. The third kappa shape index (κ3) is 3.74. The molecule has 1 amide bonds. The molecule has 0 aliphatic heterocycles. The summed E-state index contributed by atoms with van der Waals surface area (Å²) in [5.41, 5.74) is 13.9. The van der Waals surface area contributed by atoms with Gasteiger partial charge in [0, 0.05) is 18.0 Å². The minimum Gasteiger partial charge on any atom is -0.462 e. The highest BCUT2D eigenvalue weighted by Crippen LogP contribution is 2.46. The minimum absolute atomic E-state index is 0.0599.